The summed E-state index contributed by atoms with van der Waals surface area (Å²) in [5, 5.41) is 2.77. The number of carbonyl (C=O) groups excluding carboxylic acids is 3. The molecule has 3 amide bonds. The quantitative estimate of drug-likeness (QED) is 0.536. The molecule has 1 fully saturated rings. The van der Waals surface area contributed by atoms with Crippen molar-refractivity contribution in [3.05, 3.63) is 83.6 Å². The first kappa shape index (κ1) is 25.0. The van der Waals surface area contributed by atoms with Crippen molar-refractivity contribution >= 4 is 29.1 Å². The molecular weight excluding hydrogens is 463 g/mol. The highest BCUT2D eigenvalue weighted by Gasteiger charge is 2.27. The van der Waals surface area contributed by atoms with Crippen LogP contribution in [0.15, 0.2) is 65.3 Å². The summed E-state index contributed by atoms with van der Waals surface area (Å²) in [5.74, 6) is -0.965. The zero-order chi connectivity index (χ0) is 25.7. The summed E-state index contributed by atoms with van der Waals surface area (Å²) in [4.78, 5) is 44.2. The fraction of sp³-hybridized carbons (Fsp3) is 0.296. The topological polar surface area (TPSA) is 86.1 Å². The van der Waals surface area contributed by atoms with Gasteiger partial charge >= 0.3 is 0 Å². The molecule has 36 heavy (non-hydrogen) atoms. The predicted molar refractivity (Wildman–Crippen MR) is 135 cm³/mol. The van der Waals surface area contributed by atoms with Gasteiger partial charge in [-0.2, -0.15) is 0 Å². The minimum atomic E-state index is -0.500. The number of nitrogens with one attached hydrogen (secondary N) is 1. The van der Waals surface area contributed by atoms with Gasteiger partial charge in [-0.1, -0.05) is 6.07 Å². The molecule has 2 heterocycles. The van der Waals surface area contributed by atoms with Crippen molar-refractivity contribution < 1.29 is 23.2 Å². The van der Waals surface area contributed by atoms with E-state index in [1.807, 2.05) is 19.9 Å². The van der Waals surface area contributed by atoms with E-state index in [1.54, 1.807) is 34.1 Å². The Kier molecular flexibility index (Phi) is 7.68. The number of carbonyl (C=O) groups is 3. The van der Waals surface area contributed by atoms with Crippen LogP contribution in [0.5, 0.6) is 0 Å². The standard InChI is InChI=1S/C27H29FN4O4/c1-3-30(4-2)26(34)22-18-21(29-25(33)19-7-5-8-20(28)17-19)10-11-23(22)31-12-14-32(15-13-31)27(35)24-9-6-16-36-24/h5-11,16-18H,3-4,12-15H2,1-2H3,(H,29,33). The van der Waals surface area contributed by atoms with Gasteiger partial charge in [-0.15, -0.1) is 0 Å². The Labute approximate surface area is 209 Å². The number of anilines is 2. The summed E-state index contributed by atoms with van der Waals surface area (Å²) in [5.41, 5.74) is 1.82. The molecule has 8 nitrogen and oxygen atoms in total. The summed E-state index contributed by atoms with van der Waals surface area (Å²) in [7, 11) is 0. The minimum Gasteiger partial charge on any atom is -0.459 e. The number of amides is 3. The summed E-state index contributed by atoms with van der Waals surface area (Å²) >= 11 is 0. The molecule has 2 aromatic carbocycles. The number of benzene rings is 2. The molecule has 1 aliphatic heterocycles. The van der Waals surface area contributed by atoms with E-state index in [4.69, 9.17) is 4.42 Å². The van der Waals surface area contributed by atoms with Crippen LogP contribution >= 0.6 is 0 Å². The average Bonchev–Trinajstić information content (AvgIpc) is 3.44. The third-order valence-electron chi connectivity index (χ3n) is 6.26. The molecule has 3 aromatic rings. The van der Waals surface area contributed by atoms with Crippen LogP contribution in [0.2, 0.25) is 0 Å². The van der Waals surface area contributed by atoms with Crippen molar-refractivity contribution in [2.75, 3.05) is 49.5 Å². The van der Waals surface area contributed by atoms with E-state index in [0.717, 1.165) is 11.8 Å². The molecule has 1 aromatic heterocycles. The number of piperazine rings is 1. The van der Waals surface area contributed by atoms with Crippen LogP contribution < -0.4 is 10.2 Å². The highest BCUT2D eigenvalue weighted by Crippen LogP contribution is 2.28. The Morgan fingerprint density at radius 2 is 1.72 bits per heavy atom. The van der Waals surface area contributed by atoms with Gasteiger partial charge < -0.3 is 24.4 Å². The smallest absolute Gasteiger partial charge is 0.289 e. The molecule has 0 aliphatic carbocycles. The molecule has 1 N–H and O–H groups in total. The molecule has 0 bridgehead atoms. The molecule has 0 saturated carbocycles. The number of halogens is 1. The van der Waals surface area contributed by atoms with Crippen molar-refractivity contribution in [1.29, 1.82) is 0 Å². The van der Waals surface area contributed by atoms with Crippen molar-refractivity contribution in [2.24, 2.45) is 0 Å². The highest BCUT2D eigenvalue weighted by molar-refractivity contribution is 6.06. The van der Waals surface area contributed by atoms with E-state index in [-0.39, 0.29) is 17.4 Å². The molecular formula is C27H29FN4O4. The van der Waals surface area contributed by atoms with E-state index in [2.05, 4.69) is 10.2 Å². The fourth-order valence-corrected chi connectivity index (χ4v) is 4.28. The summed E-state index contributed by atoms with van der Waals surface area (Å²) in [6, 6.07) is 14.0. The Hall–Kier alpha value is -4.14. The van der Waals surface area contributed by atoms with Crippen LogP contribution in [0, 0.1) is 5.82 Å². The third-order valence-corrected chi connectivity index (χ3v) is 6.26. The predicted octanol–water partition coefficient (Wildman–Crippen LogP) is 4.12. The van der Waals surface area contributed by atoms with Crippen molar-refractivity contribution in [1.82, 2.24) is 9.80 Å². The lowest BCUT2D eigenvalue weighted by atomic mass is 10.1. The lowest BCUT2D eigenvalue weighted by Crippen LogP contribution is -2.49. The van der Waals surface area contributed by atoms with E-state index < -0.39 is 11.7 Å². The largest absolute Gasteiger partial charge is 0.459 e. The summed E-state index contributed by atoms with van der Waals surface area (Å²) < 4.78 is 18.8. The summed E-state index contributed by atoms with van der Waals surface area (Å²) in [6.45, 7) is 6.96. The van der Waals surface area contributed by atoms with Gasteiger partial charge in [-0.3, -0.25) is 14.4 Å². The molecule has 1 saturated heterocycles. The maximum absolute atomic E-state index is 13.6. The van der Waals surface area contributed by atoms with Gasteiger partial charge in [0, 0.05) is 56.2 Å². The Bertz CT molecular complexity index is 1230. The first-order chi connectivity index (χ1) is 17.4. The molecule has 9 heteroatoms. The minimum absolute atomic E-state index is 0.147. The molecule has 0 atom stereocenters. The van der Waals surface area contributed by atoms with Crippen molar-refractivity contribution in [3.63, 3.8) is 0 Å². The van der Waals surface area contributed by atoms with Crippen LogP contribution in [-0.4, -0.2) is 66.8 Å². The zero-order valence-electron chi connectivity index (χ0n) is 20.4. The van der Waals surface area contributed by atoms with Gasteiger partial charge in [0.2, 0.25) is 0 Å². The van der Waals surface area contributed by atoms with Crippen LogP contribution in [0.3, 0.4) is 0 Å². The van der Waals surface area contributed by atoms with Gasteiger partial charge in [0.1, 0.15) is 5.82 Å². The van der Waals surface area contributed by atoms with Gasteiger partial charge in [0.05, 0.1) is 11.8 Å². The third kappa shape index (κ3) is 5.40. The number of furan rings is 1. The monoisotopic (exact) mass is 492 g/mol. The lowest BCUT2D eigenvalue weighted by molar-refractivity contribution is 0.0711. The normalized spacial score (nSPS) is 13.4. The Morgan fingerprint density at radius 1 is 0.972 bits per heavy atom. The maximum Gasteiger partial charge on any atom is 0.289 e. The van der Waals surface area contributed by atoms with Gasteiger partial charge in [-0.25, -0.2) is 4.39 Å². The average molecular weight is 493 g/mol. The maximum atomic E-state index is 13.6. The van der Waals surface area contributed by atoms with E-state index >= 15 is 0 Å². The molecule has 188 valence electrons. The van der Waals surface area contributed by atoms with Gasteiger partial charge in [-0.05, 0) is 62.4 Å². The highest BCUT2D eigenvalue weighted by atomic mass is 19.1. The number of hydrogen-bond donors (Lipinski definition) is 1. The van der Waals surface area contributed by atoms with E-state index in [0.29, 0.717) is 56.3 Å². The van der Waals surface area contributed by atoms with Gasteiger partial charge in [0.25, 0.3) is 17.7 Å². The molecule has 4 rings (SSSR count). The SMILES string of the molecule is CCN(CC)C(=O)c1cc(NC(=O)c2cccc(F)c2)ccc1N1CCN(C(=O)c2ccco2)CC1. The first-order valence-corrected chi connectivity index (χ1v) is 12.0. The van der Waals surface area contributed by atoms with Gasteiger partial charge in [0.15, 0.2) is 5.76 Å². The van der Waals surface area contributed by atoms with Crippen LogP contribution in [0.1, 0.15) is 45.1 Å². The second-order valence-corrected chi connectivity index (χ2v) is 8.43. The second kappa shape index (κ2) is 11.1. The Morgan fingerprint density at radius 3 is 2.36 bits per heavy atom. The molecule has 1 aliphatic rings. The van der Waals surface area contributed by atoms with Crippen molar-refractivity contribution in [2.45, 2.75) is 13.8 Å². The zero-order valence-corrected chi connectivity index (χ0v) is 20.4. The van der Waals surface area contributed by atoms with E-state index in [1.165, 1.54) is 24.5 Å². The second-order valence-electron chi connectivity index (χ2n) is 8.43. The Balaban J connectivity index is 1.56. The van der Waals surface area contributed by atoms with Crippen LogP contribution in [-0.2, 0) is 0 Å². The number of hydrogen-bond acceptors (Lipinski definition) is 5. The van der Waals surface area contributed by atoms with Crippen LogP contribution in [0.4, 0.5) is 15.8 Å². The van der Waals surface area contributed by atoms with Crippen molar-refractivity contribution in [3.8, 4) is 0 Å². The fourth-order valence-electron chi connectivity index (χ4n) is 4.28. The van der Waals surface area contributed by atoms with Crippen LogP contribution in [0.25, 0.3) is 0 Å². The van der Waals surface area contributed by atoms with E-state index in [9.17, 15) is 18.8 Å². The molecule has 0 spiro atoms. The summed E-state index contributed by atoms with van der Waals surface area (Å²) in [6.07, 6.45) is 1.48. The molecule has 0 unspecified atom stereocenters. The lowest BCUT2D eigenvalue weighted by Gasteiger charge is -2.37. The molecule has 0 radical (unpaired) electrons. The number of nitrogens with zero attached hydrogens (tertiary/aromatic N) is 3. The first-order valence-electron chi connectivity index (χ1n) is 12.0. The number of rotatable bonds is 7.